The van der Waals surface area contributed by atoms with E-state index in [-0.39, 0.29) is 11.4 Å². The number of benzene rings is 1. The Morgan fingerprint density at radius 2 is 1.50 bits per heavy atom. The topological polar surface area (TPSA) is 201 Å². The van der Waals surface area contributed by atoms with Gasteiger partial charge >= 0.3 is 0 Å². The second kappa shape index (κ2) is 10.3. The van der Waals surface area contributed by atoms with Crippen LogP contribution in [-0.2, 0) is 14.2 Å². The first kappa shape index (κ1) is 24.6. The predicted molar refractivity (Wildman–Crippen MR) is 99.0 cm³/mol. The van der Waals surface area contributed by atoms with Gasteiger partial charge in [-0.15, -0.1) is 0 Å². The lowest BCUT2D eigenvalue weighted by Crippen LogP contribution is -2.65. The monoisotopic (exact) mass is 465 g/mol. The van der Waals surface area contributed by atoms with Crippen molar-refractivity contribution in [3.63, 3.8) is 0 Å². The third kappa shape index (κ3) is 4.98. The van der Waals surface area contributed by atoms with Gasteiger partial charge in [0.2, 0.25) is 6.29 Å². The van der Waals surface area contributed by atoms with Crippen LogP contribution in [0.15, 0.2) is 24.3 Å². The van der Waals surface area contributed by atoms with E-state index in [9.17, 15) is 45.1 Å². The number of nitrogens with zero attached hydrogens (tertiary/aromatic N) is 1. The van der Waals surface area contributed by atoms with E-state index in [4.69, 9.17) is 18.9 Å². The zero-order chi connectivity index (χ0) is 23.6. The maximum absolute atomic E-state index is 13.3. The molecule has 2 aliphatic heterocycles. The van der Waals surface area contributed by atoms with E-state index in [1.807, 2.05) is 0 Å². The summed E-state index contributed by atoms with van der Waals surface area (Å²) < 4.78 is 34.8. The van der Waals surface area contributed by atoms with Gasteiger partial charge in [-0.1, -0.05) is 0 Å². The van der Waals surface area contributed by atoms with Crippen LogP contribution in [0.4, 0.5) is 10.1 Å². The summed E-state index contributed by atoms with van der Waals surface area (Å²) >= 11 is 0. The van der Waals surface area contributed by atoms with Gasteiger partial charge in [0.05, 0.1) is 11.5 Å². The molecule has 2 heterocycles. The molecule has 2 fully saturated rings. The Bertz CT molecular complexity index is 767. The van der Waals surface area contributed by atoms with Gasteiger partial charge in [0.1, 0.15) is 55.2 Å². The van der Waals surface area contributed by atoms with Gasteiger partial charge < -0.3 is 49.6 Å². The summed E-state index contributed by atoms with van der Waals surface area (Å²) in [4.78, 5) is 10.2. The molecule has 14 heteroatoms. The minimum absolute atomic E-state index is 0.0178. The molecule has 0 radical (unpaired) electrons. The van der Waals surface area contributed by atoms with Gasteiger partial charge in [-0.05, 0) is 12.1 Å². The van der Waals surface area contributed by atoms with Crippen molar-refractivity contribution in [2.24, 2.45) is 0 Å². The van der Waals surface area contributed by atoms with E-state index in [2.05, 4.69) is 0 Å². The Morgan fingerprint density at radius 1 is 0.906 bits per heavy atom. The number of nitro benzene ring substituents is 1. The summed E-state index contributed by atoms with van der Waals surface area (Å²) in [5.74, 6) is 0.0178. The molecule has 3 rings (SSSR count). The minimum Gasteiger partial charge on any atom is -0.462 e. The molecule has 10 atom stereocenters. The van der Waals surface area contributed by atoms with E-state index in [0.717, 1.165) is 12.1 Å². The fourth-order valence-electron chi connectivity index (χ4n) is 3.39. The molecule has 13 nitrogen and oxygen atoms in total. The molecule has 0 aliphatic carbocycles. The minimum atomic E-state index is -1.82. The van der Waals surface area contributed by atoms with Gasteiger partial charge in [-0.3, -0.25) is 10.1 Å². The summed E-state index contributed by atoms with van der Waals surface area (Å²) in [6, 6.07) is 4.69. The largest absolute Gasteiger partial charge is 0.462 e. The fraction of sp³-hybridized carbons (Fsp3) is 0.667. The number of alkyl halides is 1. The van der Waals surface area contributed by atoms with Crippen LogP contribution in [0, 0.1) is 10.1 Å². The van der Waals surface area contributed by atoms with E-state index in [1.165, 1.54) is 12.1 Å². The molecule has 0 bridgehead atoms. The van der Waals surface area contributed by atoms with E-state index >= 15 is 0 Å². The molecule has 6 N–H and O–H groups in total. The van der Waals surface area contributed by atoms with Gasteiger partial charge in [-0.2, -0.15) is 0 Å². The van der Waals surface area contributed by atoms with E-state index in [1.54, 1.807) is 0 Å². The second-order valence-electron chi connectivity index (χ2n) is 7.35. The summed E-state index contributed by atoms with van der Waals surface area (Å²) in [6.45, 7) is -1.92. The van der Waals surface area contributed by atoms with Crippen molar-refractivity contribution in [2.45, 2.75) is 61.4 Å². The number of nitro groups is 1. The van der Waals surface area contributed by atoms with Gasteiger partial charge in [0.25, 0.3) is 5.69 Å². The Kier molecular flexibility index (Phi) is 7.92. The summed E-state index contributed by atoms with van der Waals surface area (Å²) in [7, 11) is 0. The molecule has 0 spiro atoms. The van der Waals surface area contributed by atoms with Crippen LogP contribution in [0.25, 0.3) is 0 Å². The lowest BCUT2D eigenvalue weighted by molar-refractivity contribution is -0.384. The van der Waals surface area contributed by atoms with Crippen LogP contribution in [0.3, 0.4) is 0 Å². The molecule has 0 unspecified atom stereocenters. The van der Waals surface area contributed by atoms with Crippen LogP contribution < -0.4 is 4.74 Å². The first-order valence-electron chi connectivity index (χ1n) is 9.62. The maximum atomic E-state index is 13.3. The number of ether oxygens (including phenoxy) is 4. The number of aliphatic hydroxyl groups is 6. The molecule has 0 aromatic heterocycles. The van der Waals surface area contributed by atoms with E-state index < -0.39 is 79.6 Å². The van der Waals surface area contributed by atoms with Crippen molar-refractivity contribution in [3.8, 4) is 5.75 Å². The normalized spacial score (nSPS) is 40.1. The summed E-state index contributed by atoms with van der Waals surface area (Å²) in [6.07, 6.45) is -16.5. The van der Waals surface area contributed by atoms with Crippen molar-refractivity contribution in [1.82, 2.24) is 0 Å². The third-order valence-corrected chi connectivity index (χ3v) is 5.24. The number of halogens is 1. The number of hydrogen-bond acceptors (Lipinski definition) is 12. The van der Waals surface area contributed by atoms with Crippen molar-refractivity contribution < 1.29 is 58.9 Å². The van der Waals surface area contributed by atoms with Crippen molar-refractivity contribution >= 4 is 5.69 Å². The lowest BCUT2D eigenvalue weighted by atomic mass is 9.97. The molecule has 0 amide bonds. The highest BCUT2D eigenvalue weighted by molar-refractivity contribution is 5.36. The summed E-state index contributed by atoms with van der Waals surface area (Å²) in [5.41, 5.74) is -0.229. The molecular formula is C18H24FNO12. The number of aliphatic hydroxyl groups excluding tert-OH is 6. The molecule has 32 heavy (non-hydrogen) atoms. The average Bonchev–Trinajstić information content (AvgIpc) is 2.78. The molecule has 0 saturated carbocycles. The quantitative estimate of drug-likeness (QED) is 0.184. The zero-order valence-corrected chi connectivity index (χ0v) is 16.5. The molecule has 2 saturated heterocycles. The molecule has 1 aromatic rings. The average molecular weight is 465 g/mol. The molecule has 1 aromatic carbocycles. The van der Waals surface area contributed by atoms with Crippen molar-refractivity contribution in [1.29, 1.82) is 0 Å². The Hall–Kier alpha value is -2.01. The lowest BCUT2D eigenvalue weighted by Gasteiger charge is -2.45. The number of rotatable bonds is 7. The highest BCUT2D eigenvalue weighted by Gasteiger charge is 2.51. The smallest absolute Gasteiger partial charge is 0.269 e. The molecule has 2 aliphatic rings. The number of hydrogen-bond donors (Lipinski definition) is 6. The van der Waals surface area contributed by atoms with Crippen LogP contribution >= 0.6 is 0 Å². The Balaban J connectivity index is 1.81. The highest BCUT2D eigenvalue weighted by atomic mass is 19.1. The zero-order valence-electron chi connectivity index (χ0n) is 16.5. The first-order chi connectivity index (χ1) is 15.2. The van der Waals surface area contributed by atoms with Crippen LogP contribution in [0.2, 0.25) is 0 Å². The van der Waals surface area contributed by atoms with Gasteiger partial charge in [0.15, 0.2) is 12.4 Å². The first-order valence-corrected chi connectivity index (χ1v) is 9.62. The van der Waals surface area contributed by atoms with Crippen LogP contribution in [0.1, 0.15) is 0 Å². The van der Waals surface area contributed by atoms with Crippen molar-refractivity contribution in [2.75, 3.05) is 13.3 Å². The second-order valence-corrected chi connectivity index (χ2v) is 7.35. The fourth-order valence-corrected chi connectivity index (χ4v) is 3.39. The van der Waals surface area contributed by atoms with Crippen LogP contribution in [-0.4, -0.2) is 110 Å². The highest BCUT2D eigenvalue weighted by Crippen LogP contribution is 2.31. The van der Waals surface area contributed by atoms with Gasteiger partial charge in [0, 0.05) is 12.1 Å². The predicted octanol–water partition coefficient (Wildman–Crippen LogP) is -2.43. The standard InChI is InChI=1S/C18H24FNO12/c19-5-9-11(22)14(25)16(32-17-15(26)13(24)12(23)10(6-21)31-17)18(30-9)29-8-3-1-7(2-4-8)20(27)28/h1-4,9-18,21-26H,5-6H2/t9-,10-,11-,12-,13+,14+,15+,16+,17-,18+/m1/s1. The molecular weight excluding hydrogens is 441 g/mol. The van der Waals surface area contributed by atoms with Gasteiger partial charge in [-0.25, -0.2) is 4.39 Å². The SMILES string of the molecule is O=[N+]([O-])c1ccc(O[C@H]2O[C@H](CF)[C@@H](O)[C@H](O)[C@@H]2O[C@H]2O[C@H](CO)[C@@H](O)[C@H](O)[C@@H]2O)cc1. The Morgan fingerprint density at radius 3 is 2.06 bits per heavy atom. The van der Waals surface area contributed by atoms with Crippen molar-refractivity contribution in [3.05, 3.63) is 34.4 Å². The number of non-ortho nitro benzene ring substituents is 1. The van der Waals surface area contributed by atoms with Crippen LogP contribution in [0.5, 0.6) is 5.75 Å². The maximum Gasteiger partial charge on any atom is 0.269 e. The third-order valence-electron chi connectivity index (χ3n) is 5.24. The summed E-state index contributed by atoms with van der Waals surface area (Å²) in [5, 5.41) is 70.6. The van der Waals surface area contributed by atoms with E-state index in [0.29, 0.717) is 0 Å². The molecule has 180 valence electrons. The Labute approximate surface area is 180 Å².